The molecular weight excluding hydrogens is 444 g/mol. The van der Waals surface area contributed by atoms with Crippen LogP contribution in [-0.4, -0.2) is 41.8 Å². The fourth-order valence-electron chi connectivity index (χ4n) is 5.07. The molecular formula is C28H34N2O5. The fourth-order valence-corrected chi connectivity index (χ4v) is 5.07. The number of carboxylic acids is 1. The summed E-state index contributed by atoms with van der Waals surface area (Å²) in [5, 5.41) is 14.9. The maximum absolute atomic E-state index is 13.2. The summed E-state index contributed by atoms with van der Waals surface area (Å²) in [6.45, 7) is 5.73. The summed E-state index contributed by atoms with van der Waals surface area (Å²) in [6, 6.07) is 14.9. The van der Waals surface area contributed by atoms with Gasteiger partial charge in [-0.2, -0.15) is 0 Å². The minimum atomic E-state index is -0.945. The standard InChI is InChI=1S/C28H34N2O5/c1-28(2,3)25(26(33)29-23(15-24(31)32)17-9-8-10-17)30-27(34)35-16-22-20-13-6-4-11-18(20)19-12-5-7-14-21(19)22/h4-7,11-14,17,22-23,25H,8-10,15-16H2,1-3H3,(H,29,33)(H,30,34)(H,31,32)/t23?,25-/m1/s1. The van der Waals surface area contributed by atoms with Crippen LogP contribution in [0.5, 0.6) is 0 Å². The lowest BCUT2D eigenvalue weighted by atomic mass is 9.78. The summed E-state index contributed by atoms with van der Waals surface area (Å²) in [7, 11) is 0. The summed E-state index contributed by atoms with van der Waals surface area (Å²) in [5.41, 5.74) is 3.92. The number of hydrogen-bond acceptors (Lipinski definition) is 4. The summed E-state index contributed by atoms with van der Waals surface area (Å²) >= 11 is 0. The largest absolute Gasteiger partial charge is 0.481 e. The number of aliphatic carboxylic acids is 1. The molecule has 7 nitrogen and oxygen atoms in total. The number of amides is 2. The van der Waals surface area contributed by atoms with E-state index in [2.05, 4.69) is 34.9 Å². The topological polar surface area (TPSA) is 105 Å². The third-order valence-electron chi connectivity index (χ3n) is 7.18. The van der Waals surface area contributed by atoms with E-state index in [-0.39, 0.29) is 30.8 Å². The van der Waals surface area contributed by atoms with Crippen molar-refractivity contribution in [2.24, 2.45) is 11.3 Å². The highest BCUT2D eigenvalue weighted by molar-refractivity contribution is 5.87. The fraction of sp³-hybridized carbons (Fsp3) is 0.464. The van der Waals surface area contributed by atoms with Gasteiger partial charge in [-0.1, -0.05) is 75.7 Å². The van der Waals surface area contributed by atoms with Crippen LogP contribution in [-0.2, 0) is 14.3 Å². The number of ether oxygens (including phenoxy) is 1. The number of benzene rings is 2. The van der Waals surface area contributed by atoms with Gasteiger partial charge >= 0.3 is 12.1 Å². The van der Waals surface area contributed by atoms with Gasteiger partial charge in [-0.05, 0) is 46.4 Å². The number of carboxylic acid groups (broad SMARTS) is 1. The predicted molar refractivity (Wildman–Crippen MR) is 133 cm³/mol. The molecule has 0 bridgehead atoms. The molecule has 2 amide bonds. The van der Waals surface area contributed by atoms with E-state index in [1.807, 2.05) is 45.0 Å². The minimum Gasteiger partial charge on any atom is -0.481 e. The van der Waals surface area contributed by atoms with Gasteiger partial charge < -0.3 is 20.5 Å². The van der Waals surface area contributed by atoms with E-state index in [9.17, 15) is 19.5 Å². The van der Waals surface area contributed by atoms with E-state index in [1.165, 1.54) is 0 Å². The van der Waals surface area contributed by atoms with Gasteiger partial charge in [0.15, 0.2) is 0 Å². The van der Waals surface area contributed by atoms with E-state index in [1.54, 1.807) is 0 Å². The van der Waals surface area contributed by atoms with Gasteiger partial charge in [0.25, 0.3) is 0 Å². The molecule has 0 heterocycles. The smallest absolute Gasteiger partial charge is 0.407 e. The Bertz CT molecular complexity index is 1060. The number of alkyl carbamates (subject to hydrolysis) is 1. The Hall–Kier alpha value is -3.35. The van der Waals surface area contributed by atoms with Gasteiger partial charge in [-0.15, -0.1) is 0 Å². The Morgan fingerprint density at radius 2 is 1.54 bits per heavy atom. The van der Waals surface area contributed by atoms with Crippen molar-refractivity contribution in [2.75, 3.05) is 6.61 Å². The molecule has 2 aliphatic rings. The first-order chi connectivity index (χ1) is 16.6. The molecule has 0 aromatic heterocycles. The Morgan fingerprint density at radius 3 is 2.03 bits per heavy atom. The first kappa shape index (κ1) is 24.8. The zero-order valence-corrected chi connectivity index (χ0v) is 20.5. The van der Waals surface area contributed by atoms with Crippen LogP contribution in [0.1, 0.15) is 63.5 Å². The second kappa shape index (κ2) is 10.1. The summed E-state index contributed by atoms with van der Waals surface area (Å²) < 4.78 is 5.64. The van der Waals surface area contributed by atoms with Crippen molar-refractivity contribution in [3.8, 4) is 11.1 Å². The van der Waals surface area contributed by atoms with Crippen LogP contribution >= 0.6 is 0 Å². The monoisotopic (exact) mass is 478 g/mol. The van der Waals surface area contributed by atoms with Crippen molar-refractivity contribution < 1.29 is 24.2 Å². The Morgan fingerprint density at radius 1 is 0.971 bits per heavy atom. The summed E-state index contributed by atoms with van der Waals surface area (Å²) in [5.74, 6) is -1.25. The average Bonchev–Trinajstić information content (AvgIpc) is 3.07. The number of rotatable bonds is 8. The Balaban J connectivity index is 1.42. The van der Waals surface area contributed by atoms with Gasteiger partial charge in [0, 0.05) is 12.0 Å². The van der Waals surface area contributed by atoms with Gasteiger partial charge in [-0.3, -0.25) is 9.59 Å². The quantitative estimate of drug-likeness (QED) is 0.510. The molecule has 2 aromatic rings. The molecule has 0 aliphatic heterocycles. The lowest BCUT2D eigenvalue weighted by Crippen LogP contribution is -2.57. The molecule has 2 aliphatic carbocycles. The van der Waals surface area contributed by atoms with E-state index in [0.29, 0.717) is 0 Å². The second-order valence-electron chi connectivity index (χ2n) is 10.7. The molecule has 3 N–H and O–H groups in total. The number of nitrogens with one attached hydrogen (secondary N) is 2. The lowest BCUT2D eigenvalue weighted by Gasteiger charge is -2.36. The number of carbonyl (C=O) groups excluding carboxylic acids is 2. The number of carbonyl (C=O) groups is 3. The second-order valence-corrected chi connectivity index (χ2v) is 10.7. The van der Waals surface area contributed by atoms with Crippen molar-refractivity contribution in [1.29, 1.82) is 0 Å². The number of hydrogen-bond donors (Lipinski definition) is 3. The van der Waals surface area contributed by atoms with Crippen LogP contribution in [0.3, 0.4) is 0 Å². The third-order valence-corrected chi connectivity index (χ3v) is 7.18. The van der Waals surface area contributed by atoms with Gasteiger partial charge in [0.2, 0.25) is 5.91 Å². The van der Waals surface area contributed by atoms with Crippen LogP contribution in [0, 0.1) is 11.3 Å². The molecule has 0 spiro atoms. The molecule has 0 saturated heterocycles. The van der Waals surface area contributed by atoms with E-state index in [0.717, 1.165) is 41.5 Å². The molecule has 35 heavy (non-hydrogen) atoms. The molecule has 7 heteroatoms. The number of fused-ring (bicyclic) bond motifs is 3. The lowest BCUT2D eigenvalue weighted by molar-refractivity contribution is -0.138. The molecule has 0 radical (unpaired) electrons. The van der Waals surface area contributed by atoms with Crippen molar-refractivity contribution in [3.63, 3.8) is 0 Å². The predicted octanol–water partition coefficient (Wildman–Crippen LogP) is 4.70. The Labute approximate surface area is 206 Å². The van der Waals surface area contributed by atoms with Crippen LogP contribution in [0.2, 0.25) is 0 Å². The van der Waals surface area contributed by atoms with E-state index >= 15 is 0 Å². The van der Waals surface area contributed by atoms with Crippen molar-refractivity contribution >= 4 is 18.0 Å². The first-order valence-corrected chi connectivity index (χ1v) is 12.3. The third kappa shape index (κ3) is 5.50. The molecule has 1 unspecified atom stereocenters. The zero-order chi connectivity index (χ0) is 25.2. The van der Waals surface area contributed by atoms with Crippen molar-refractivity contribution in [1.82, 2.24) is 10.6 Å². The molecule has 186 valence electrons. The normalized spacial score (nSPS) is 16.9. The maximum Gasteiger partial charge on any atom is 0.407 e. The van der Waals surface area contributed by atoms with Crippen LogP contribution in [0.25, 0.3) is 11.1 Å². The van der Waals surface area contributed by atoms with Gasteiger partial charge in [-0.25, -0.2) is 4.79 Å². The van der Waals surface area contributed by atoms with Crippen LogP contribution < -0.4 is 10.6 Å². The first-order valence-electron chi connectivity index (χ1n) is 12.3. The molecule has 4 rings (SSSR count). The van der Waals surface area contributed by atoms with E-state index < -0.39 is 29.6 Å². The molecule has 2 atom stereocenters. The maximum atomic E-state index is 13.2. The molecule has 1 fully saturated rings. The molecule has 2 aromatic carbocycles. The Kier molecular flexibility index (Phi) is 7.15. The highest BCUT2D eigenvalue weighted by Crippen LogP contribution is 2.44. The van der Waals surface area contributed by atoms with Crippen LogP contribution in [0.4, 0.5) is 4.79 Å². The average molecular weight is 479 g/mol. The van der Waals surface area contributed by atoms with Gasteiger partial charge in [0.05, 0.1) is 6.42 Å². The zero-order valence-electron chi connectivity index (χ0n) is 20.5. The summed E-state index contributed by atoms with van der Waals surface area (Å²) in [4.78, 5) is 37.3. The van der Waals surface area contributed by atoms with Crippen LogP contribution in [0.15, 0.2) is 48.5 Å². The SMILES string of the molecule is CC(C)(C)[C@H](NC(=O)OCC1c2ccccc2-c2ccccc21)C(=O)NC(CC(=O)O)C1CCC1. The molecule has 1 saturated carbocycles. The highest BCUT2D eigenvalue weighted by atomic mass is 16.5. The minimum absolute atomic E-state index is 0.0753. The van der Waals surface area contributed by atoms with E-state index in [4.69, 9.17) is 4.74 Å². The van der Waals surface area contributed by atoms with Gasteiger partial charge in [0.1, 0.15) is 12.6 Å². The van der Waals surface area contributed by atoms with Crippen molar-refractivity contribution in [3.05, 3.63) is 59.7 Å². The van der Waals surface area contributed by atoms with Crippen molar-refractivity contribution in [2.45, 2.75) is 64.5 Å². The highest BCUT2D eigenvalue weighted by Gasteiger charge is 2.37. The summed E-state index contributed by atoms with van der Waals surface area (Å²) in [6.07, 6.45) is 2.05.